The Bertz CT molecular complexity index is 1280. The summed E-state index contributed by atoms with van der Waals surface area (Å²) in [5.41, 5.74) is 10.2. The van der Waals surface area contributed by atoms with Gasteiger partial charge in [0.25, 0.3) is 0 Å². The Kier molecular flexibility index (Phi) is 8.02. The number of carbonyl (C=O) groups excluding carboxylic acids is 1. The van der Waals surface area contributed by atoms with Crippen LogP contribution in [-0.4, -0.2) is 22.0 Å². The molecule has 0 bridgehead atoms. The molecule has 0 saturated carbocycles. The van der Waals surface area contributed by atoms with Gasteiger partial charge >= 0.3 is 0 Å². The van der Waals surface area contributed by atoms with Gasteiger partial charge in [-0.2, -0.15) is 0 Å². The van der Waals surface area contributed by atoms with E-state index in [1.54, 1.807) is 0 Å². The van der Waals surface area contributed by atoms with Gasteiger partial charge in [0.15, 0.2) is 0 Å². The highest BCUT2D eigenvalue weighted by Crippen LogP contribution is 2.26. The molecular weight excluding hydrogens is 430 g/mol. The zero-order chi connectivity index (χ0) is 24.8. The summed E-state index contributed by atoms with van der Waals surface area (Å²) in [5, 5.41) is 3.06. The molecule has 0 aliphatic heterocycles. The van der Waals surface area contributed by atoms with Gasteiger partial charge in [0.2, 0.25) is 5.91 Å². The fourth-order valence-corrected chi connectivity index (χ4v) is 4.84. The molecule has 0 aliphatic rings. The summed E-state index contributed by atoms with van der Waals surface area (Å²) < 4.78 is 2.41. The Morgan fingerprint density at radius 3 is 2.29 bits per heavy atom. The number of aryl methyl sites for hydroxylation is 3. The van der Waals surface area contributed by atoms with Gasteiger partial charge in [-0.3, -0.25) is 4.79 Å². The molecule has 4 heteroatoms. The molecule has 0 radical (unpaired) electrons. The molecule has 4 nitrogen and oxygen atoms in total. The molecule has 0 atom stereocenters. The van der Waals surface area contributed by atoms with Crippen molar-refractivity contribution in [1.29, 1.82) is 0 Å². The van der Waals surface area contributed by atoms with Crippen LogP contribution in [0.4, 0.5) is 0 Å². The van der Waals surface area contributed by atoms with Crippen LogP contribution in [0.25, 0.3) is 11.0 Å². The monoisotopic (exact) mass is 467 g/mol. The molecular formula is C31H37N3O. The number of hydrogen-bond acceptors (Lipinski definition) is 2. The summed E-state index contributed by atoms with van der Waals surface area (Å²) in [6.07, 6.45) is 4.49. The van der Waals surface area contributed by atoms with Crippen LogP contribution in [-0.2, 0) is 24.2 Å². The molecule has 1 aromatic heterocycles. The van der Waals surface area contributed by atoms with Crippen LogP contribution < -0.4 is 5.32 Å². The molecule has 0 unspecified atom stereocenters. The van der Waals surface area contributed by atoms with Crippen molar-refractivity contribution in [3.8, 4) is 0 Å². The highest BCUT2D eigenvalue weighted by Gasteiger charge is 2.15. The van der Waals surface area contributed by atoms with Crippen molar-refractivity contribution in [3.05, 3.63) is 99.9 Å². The molecule has 4 aromatic rings. The Morgan fingerprint density at radius 1 is 0.857 bits per heavy atom. The summed E-state index contributed by atoms with van der Waals surface area (Å²) in [4.78, 5) is 17.2. The number of unbranched alkanes of at least 4 members (excludes halogenated alkanes) is 2. The maximum absolute atomic E-state index is 12.2. The third-order valence-electron chi connectivity index (χ3n) is 7.18. The Morgan fingerprint density at radius 2 is 1.54 bits per heavy atom. The average molecular weight is 468 g/mol. The van der Waals surface area contributed by atoms with Gasteiger partial charge in [-0.05, 0) is 86.1 Å². The molecule has 0 aliphatic carbocycles. The number of rotatable bonds is 10. The average Bonchev–Trinajstić information content (AvgIpc) is 3.20. The lowest BCUT2D eigenvalue weighted by Gasteiger charge is -2.18. The first-order valence-corrected chi connectivity index (χ1v) is 12.7. The van der Waals surface area contributed by atoms with Crippen LogP contribution in [0.2, 0.25) is 0 Å². The van der Waals surface area contributed by atoms with E-state index in [1.165, 1.54) is 33.3 Å². The van der Waals surface area contributed by atoms with Crippen LogP contribution >= 0.6 is 0 Å². The van der Waals surface area contributed by atoms with E-state index in [-0.39, 0.29) is 5.91 Å². The van der Waals surface area contributed by atoms with Gasteiger partial charge in [-0.15, -0.1) is 0 Å². The standard InChI is InChI=1S/C31H37N3O/c1-22-19-23(2)25(4)27(24(22)3)21-34-29-16-11-10-15-28(29)33-30(34)17-9-6-12-18-32-31(35)20-26-13-7-5-8-14-26/h5,7-8,10-11,13-16,19H,6,9,12,17-18,20-21H2,1-4H3,(H,32,35). The van der Waals surface area contributed by atoms with Gasteiger partial charge in [0, 0.05) is 19.5 Å². The topological polar surface area (TPSA) is 46.9 Å². The quantitative estimate of drug-likeness (QED) is 0.275. The first-order valence-electron chi connectivity index (χ1n) is 12.7. The summed E-state index contributed by atoms with van der Waals surface area (Å²) in [6, 6.07) is 20.6. The predicted octanol–water partition coefficient (Wildman–Crippen LogP) is 6.39. The van der Waals surface area contributed by atoms with Crippen molar-refractivity contribution >= 4 is 16.9 Å². The Hall–Kier alpha value is -3.40. The van der Waals surface area contributed by atoms with Gasteiger partial charge < -0.3 is 9.88 Å². The maximum Gasteiger partial charge on any atom is 0.224 e. The van der Waals surface area contributed by atoms with Crippen LogP contribution in [0.15, 0.2) is 60.7 Å². The van der Waals surface area contributed by atoms with Crippen LogP contribution in [0, 0.1) is 27.7 Å². The van der Waals surface area contributed by atoms with Crippen molar-refractivity contribution < 1.29 is 4.79 Å². The smallest absolute Gasteiger partial charge is 0.224 e. The summed E-state index contributed by atoms with van der Waals surface area (Å²) in [7, 11) is 0. The molecule has 0 fully saturated rings. The molecule has 0 saturated heterocycles. The summed E-state index contributed by atoms with van der Waals surface area (Å²) in [5.74, 6) is 1.24. The lowest BCUT2D eigenvalue weighted by atomic mass is 9.94. The van der Waals surface area contributed by atoms with Crippen molar-refractivity contribution in [2.45, 2.75) is 66.3 Å². The van der Waals surface area contributed by atoms with Crippen molar-refractivity contribution in [2.24, 2.45) is 0 Å². The van der Waals surface area contributed by atoms with Crippen molar-refractivity contribution in [3.63, 3.8) is 0 Å². The maximum atomic E-state index is 12.2. The van der Waals surface area contributed by atoms with Gasteiger partial charge in [0.1, 0.15) is 5.82 Å². The van der Waals surface area contributed by atoms with Crippen LogP contribution in [0.3, 0.4) is 0 Å². The fourth-order valence-electron chi connectivity index (χ4n) is 4.84. The van der Waals surface area contributed by atoms with E-state index in [2.05, 4.69) is 67.9 Å². The minimum atomic E-state index is 0.0946. The number of imidazole rings is 1. The number of hydrogen-bond donors (Lipinski definition) is 1. The second-order valence-electron chi connectivity index (χ2n) is 9.66. The minimum Gasteiger partial charge on any atom is -0.356 e. The van der Waals surface area contributed by atoms with E-state index in [9.17, 15) is 4.79 Å². The number of nitrogens with zero attached hydrogens (tertiary/aromatic N) is 2. The van der Waals surface area contributed by atoms with Crippen molar-refractivity contribution in [2.75, 3.05) is 6.54 Å². The molecule has 1 N–H and O–H groups in total. The predicted molar refractivity (Wildman–Crippen MR) is 145 cm³/mol. The van der Waals surface area contributed by atoms with Crippen LogP contribution in [0.5, 0.6) is 0 Å². The number of benzene rings is 3. The third-order valence-corrected chi connectivity index (χ3v) is 7.18. The van der Waals surface area contributed by atoms with Gasteiger partial charge in [0.05, 0.1) is 17.5 Å². The fraction of sp³-hybridized carbons (Fsp3) is 0.355. The SMILES string of the molecule is Cc1cc(C)c(C)c(Cn2c(CCCCCNC(=O)Cc3ccccc3)nc3ccccc32)c1C. The molecule has 182 valence electrons. The number of aromatic nitrogens is 2. The zero-order valence-electron chi connectivity index (χ0n) is 21.5. The molecule has 0 spiro atoms. The van der Waals surface area contributed by atoms with E-state index in [0.29, 0.717) is 6.42 Å². The lowest BCUT2D eigenvalue weighted by Crippen LogP contribution is -2.26. The number of nitrogens with one attached hydrogen (secondary N) is 1. The largest absolute Gasteiger partial charge is 0.356 e. The number of carbonyl (C=O) groups is 1. The Labute approximate surface area is 209 Å². The normalized spacial score (nSPS) is 11.2. The van der Waals surface area contributed by atoms with Crippen LogP contribution in [0.1, 0.15) is 58.5 Å². The Balaban J connectivity index is 1.37. The number of para-hydroxylation sites is 2. The minimum absolute atomic E-state index is 0.0946. The molecule has 3 aromatic carbocycles. The second kappa shape index (κ2) is 11.4. The van der Waals surface area contributed by atoms with E-state index in [1.807, 2.05) is 30.3 Å². The molecule has 1 heterocycles. The second-order valence-corrected chi connectivity index (χ2v) is 9.66. The van der Waals surface area contributed by atoms with E-state index in [0.717, 1.165) is 55.7 Å². The first kappa shape index (κ1) is 24.7. The highest BCUT2D eigenvalue weighted by molar-refractivity contribution is 5.78. The highest BCUT2D eigenvalue weighted by atomic mass is 16.1. The summed E-state index contributed by atoms with van der Waals surface area (Å²) >= 11 is 0. The van der Waals surface area contributed by atoms with E-state index in [4.69, 9.17) is 4.98 Å². The lowest BCUT2D eigenvalue weighted by molar-refractivity contribution is -0.120. The van der Waals surface area contributed by atoms with Gasteiger partial charge in [-0.1, -0.05) is 55.0 Å². The van der Waals surface area contributed by atoms with Crippen molar-refractivity contribution in [1.82, 2.24) is 14.9 Å². The third kappa shape index (κ3) is 6.00. The number of fused-ring (bicyclic) bond motifs is 1. The van der Waals surface area contributed by atoms with E-state index >= 15 is 0 Å². The zero-order valence-corrected chi connectivity index (χ0v) is 21.5. The number of amides is 1. The van der Waals surface area contributed by atoms with Gasteiger partial charge in [-0.25, -0.2) is 4.98 Å². The van der Waals surface area contributed by atoms with E-state index < -0.39 is 0 Å². The molecule has 35 heavy (non-hydrogen) atoms. The first-order chi connectivity index (χ1) is 16.9. The summed E-state index contributed by atoms with van der Waals surface area (Å²) in [6.45, 7) is 10.5. The molecule has 1 amide bonds. The molecule has 4 rings (SSSR count).